The molecule has 5 nitrogen and oxygen atoms in total. The van der Waals surface area contributed by atoms with E-state index in [1.165, 1.54) is 16.4 Å². The number of rotatable bonds is 3. The fourth-order valence-electron chi connectivity index (χ4n) is 0.378. The van der Waals surface area contributed by atoms with Gasteiger partial charge in [0.05, 0.1) is 0 Å². The van der Waals surface area contributed by atoms with Crippen molar-refractivity contribution in [3.8, 4) is 0 Å². The molecule has 0 aromatic rings. The number of amides is 2. The van der Waals surface area contributed by atoms with E-state index in [4.69, 9.17) is 11.5 Å². The van der Waals surface area contributed by atoms with Gasteiger partial charge >= 0.3 is 6.03 Å². The number of hydrogen-bond donors (Lipinski definition) is 3. The van der Waals surface area contributed by atoms with Crippen molar-refractivity contribution < 1.29 is 4.79 Å². The molecule has 0 atom stereocenters. The SMILES string of the molecule is C=CCSN(NC(N)=O)C(N)=S. The lowest BCUT2D eigenvalue weighted by Gasteiger charge is -2.19. The van der Waals surface area contributed by atoms with Gasteiger partial charge < -0.3 is 11.5 Å². The van der Waals surface area contributed by atoms with Crippen molar-refractivity contribution in [1.82, 2.24) is 9.84 Å². The summed E-state index contributed by atoms with van der Waals surface area (Å²) in [5.74, 6) is 0.581. The minimum absolute atomic E-state index is 0.0423. The average molecular weight is 206 g/mol. The topological polar surface area (TPSA) is 84.4 Å². The summed E-state index contributed by atoms with van der Waals surface area (Å²) in [6.07, 6.45) is 1.65. The number of carbonyl (C=O) groups excluding carboxylic acids is 1. The molecule has 0 aliphatic heterocycles. The summed E-state index contributed by atoms with van der Waals surface area (Å²) in [7, 11) is 0. The number of nitrogens with one attached hydrogen (secondary N) is 1. The van der Waals surface area contributed by atoms with Gasteiger partial charge in [-0.2, -0.15) is 4.41 Å². The Morgan fingerprint density at radius 3 is 2.67 bits per heavy atom. The van der Waals surface area contributed by atoms with Gasteiger partial charge in [0.15, 0.2) is 5.11 Å². The second-order valence-corrected chi connectivity index (χ2v) is 3.07. The summed E-state index contributed by atoms with van der Waals surface area (Å²) < 4.78 is 1.21. The quantitative estimate of drug-likeness (QED) is 0.261. The number of nitrogens with zero attached hydrogens (tertiary/aromatic N) is 1. The zero-order valence-electron chi connectivity index (χ0n) is 6.32. The van der Waals surface area contributed by atoms with Gasteiger partial charge in [0, 0.05) is 5.75 Å². The van der Waals surface area contributed by atoms with Crippen molar-refractivity contribution in [3.63, 3.8) is 0 Å². The Bertz CT molecular complexity index is 196. The number of primary amides is 1. The third kappa shape index (κ3) is 4.80. The molecule has 0 aromatic heterocycles. The van der Waals surface area contributed by atoms with Crippen molar-refractivity contribution >= 4 is 35.3 Å². The number of urea groups is 1. The fourth-order valence-corrected chi connectivity index (χ4v) is 1.12. The maximum atomic E-state index is 10.4. The van der Waals surface area contributed by atoms with Crippen LogP contribution in [-0.4, -0.2) is 21.3 Å². The first-order chi connectivity index (χ1) is 5.57. The van der Waals surface area contributed by atoms with Crippen LogP contribution in [0.4, 0.5) is 4.79 Å². The Morgan fingerprint density at radius 2 is 2.33 bits per heavy atom. The standard InChI is InChI=1S/C5H10N4OS2/c1-2-3-12-9(5(7)11)8-4(6)10/h2H,1,3H2,(H2,7,11)(H3,6,8,10). The van der Waals surface area contributed by atoms with Gasteiger partial charge in [-0.15, -0.1) is 6.58 Å². The first kappa shape index (κ1) is 11.1. The van der Waals surface area contributed by atoms with Gasteiger partial charge in [0.25, 0.3) is 0 Å². The largest absolute Gasteiger partial charge is 0.374 e. The van der Waals surface area contributed by atoms with E-state index in [0.29, 0.717) is 5.75 Å². The summed E-state index contributed by atoms with van der Waals surface area (Å²) >= 11 is 5.82. The molecule has 0 saturated heterocycles. The maximum Gasteiger partial charge on any atom is 0.331 e. The smallest absolute Gasteiger partial charge is 0.331 e. The second-order valence-electron chi connectivity index (χ2n) is 1.69. The van der Waals surface area contributed by atoms with E-state index < -0.39 is 6.03 Å². The Labute approximate surface area is 80.2 Å². The average Bonchev–Trinajstić information content (AvgIpc) is 1.96. The van der Waals surface area contributed by atoms with Crippen LogP contribution in [0.3, 0.4) is 0 Å². The second kappa shape index (κ2) is 5.67. The predicted molar refractivity (Wildman–Crippen MR) is 54.0 cm³/mol. The van der Waals surface area contributed by atoms with E-state index in [2.05, 4.69) is 24.2 Å². The highest BCUT2D eigenvalue weighted by Crippen LogP contribution is 2.05. The number of carbonyl (C=O) groups is 1. The molecular weight excluding hydrogens is 196 g/mol. The molecule has 12 heavy (non-hydrogen) atoms. The van der Waals surface area contributed by atoms with E-state index in [1.807, 2.05) is 0 Å². The molecule has 0 aromatic carbocycles. The monoisotopic (exact) mass is 206 g/mol. The Balaban J connectivity index is 3.94. The van der Waals surface area contributed by atoms with Crippen LogP contribution >= 0.6 is 24.2 Å². The summed E-state index contributed by atoms with van der Waals surface area (Å²) in [5, 5.41) is 0.0423. The molecule has 7 heteroatoms. The number of nitrogens with two attached hydrogens (primary N) is 2. The molecule has 5 N–H and O–H groups in total. The lowest BCUT2D eigenvalue weighted by atomic mass is 10.8. The van der Waals surface area contributed by atoms with E-state index >= 15 is 0 Å². The third-order valence-corrected chi connectivity index (χ3v) is 1.96. The van der Waals surface area contributed by atoms with Crippen LogP contribution in [-0.2, 0) is 0 Å². The molecule has 0 heterocycles. The van der Waals surface area contributed by atoms with Crippen molar-refractivity contribution in [2.75, 3.05) is 5.75 Å². The zero-order valence-corrected chi connectivity index (χ0v) is 7.95. The lowest BCUT2D eigenvalue weighted by Crippen LogP contribution is -2.46. The number of hydrogen-bond acceptors (Lipinski definition) is 3. The highest BCUT2D eigenvalue weighted by molar-refractivity contribution is 7.98. The molecular formula is C5H10N4OS2. The summed E-state index contributed by atoms with van der Waals surface area (Å²) in [6, 6.07) is -0.709. The van der Waals surface area contributed by atoms with Crippen LogP contribution in [0.5, 0.6) is 0 Å². The normalized spacial score (nSPS) is 8.67. The maximum absolute atomic E-state index is 10.4. The van der Waals surface area contributed by atoms with Crippen LogP contribution in [0.1, 0.15) is 0 Å². The molecule has 0 aliphatic carbocycles. The summed E-state index contributed by atoms with van der Waals surface area (Å²) in [5.41, 5.74) is 12.3. The van der Waals surface area contributed by atoms with E-state index in [1.54, 1.807) is 6.08 Å². The van der Waals surface area contributed by atoms with Crippen molar-refractivity contribution in [2.24, 2.45) is 11.5 Å². The van der Waals surface area contributed by atoms with E-state index in [9.17, 15) is 4.79 Å². The number of thiocarbonyl (C=S) groups is 1. The van der Waals surface area contributed by atoms with Crippen LogP contribution < -0.4 is 16.9 Å². The van der Waals surface area contributed by atoms with Crippen molar-refractivity contribution in [1.29, 1.82) is 0 Å². The zero-order chi connectivity index (χ0) is 9.56. The minimum atomic E-state index is -0.709. The molecule has 0 aliphatic rings. The molecule has 0 saturated carbocycles. The van der Waals surface area contributed by atoms with Crippen molar-refractivity contribution in [2.45, 2.75) is 0 Å². The Morgan fingerprint density at radius 1 is 1.75 bits per heavy atom. The van der Waals surface area contributed by atoms with Gasteiger partial charge in [0.2, 0.25) is 0 Å². The lowest BCUT2D eigenvalue weighted by molar-refractivity contribution is 0.241. The van der Waals surface area contributed by atoms with Gasteiger partial charge in [-0.25, -0.2) is 10.2 Å². The summed E-state index contributed by atoms with van der Waals surface area (Å²) in [6.45, 7) is 3.50. The molecule has 68 valence electrons. The highest BCUT2D eigenvalue weighted by atomic mass is 32.2. The molecule has 0 fully saturated rings. The van der Waals surface area contributed by atoms with Crippen LogP contribution in [0, 0.1) is 0 Å². The van der Waals surface area contributed by atoms with Gasteiger partial charge in [-0.1, -0.05) is 6.08 Å². The molecule has 0 radical (unpaired) electrons. The predicted octanol–water partition coefficient (Wildman–Crippen LogP) is -0.0505. The molecule has 2 amide bonds. The first-order valence-electron chi connectivity index (χ1n) is 2.97. The van der Waals surface area contributed by atoms with Gasteiger partial charge in [-0.3, -0.25) is 0 Å². The van der Waals surface area contributed by atoms with Crippen LogP contribution in [0.15, 0.2) is 12.7 Å². The van der Waals surface area contributed by atoms with Crippen molar-refractivity contribution in [3.05, 3.63) is 12.7 Å². The minimum Gasteiger partial charge on any atom is -0.374 e. The summed E-state index contributed by atoms with van der Waals surface area (Å²) in [4.78, 5) is 10.4. The Hall–Kier alpha value is -0.950. The fraction of sp³-hybridized carbons (Fsp3) is 0.200. The molecule has 0 unspecified atom stereocenters. The molecule has 0 bridgehead atoms. The highest BCUT2D eigenvalue weighted by Gasteiger charge is 2.06. The van der Waals surface area contributed by atoms with E-state index in [-0.39, 0.29) is 5.11 Å². The third-order valence-electron chi connectivity index (χ3n) is 0.733. The van der Waals surface area contributed by atoms with E-state index in [0.717, 1.165) is 0 Å². The molecule has 0 rings (SSSR count). The first-order valence-corrected chi connectivity index (χ1v) is 4.32. The van der Waals surface area contributed by atoms with Gasteiger partial charge in [-0.05, 0) is 24.2 Å². The Kier molecular flexibility index (Phi) is 5.22. The van der Waals surface area contributed by atoms with Crippen LogP contribution in [0.25, 0.3) is 0 Å². The number of hydrazine groups is 1. The molecule has 0 spiro atoms. The van der Waals surface area contributed by atoms with Crippen LogP contribution in [0.2, 0.25) is 0 Å². The van der Waals surface area contributed by atoms with Gasteiger partial charge in [0.1, 0.15) is 0 Å².